The molecule has 0 aliphatic carbocycles. The summed E-state index contributed by atoms with van der Waals surface area (Å²) >= 11 is -1.98. The molecular formula is C20H18N3Sn. The van der Waals surface area contributed by atoms with Crippen molar-refractivity contribution in [2.75, 3.05) is 0 Å². The van der Waals surface area contributed by atoms with Gasteiger partial charge in [0.2, 0.25) is 0 Å². The summed E-state index contributed by atoms with van der Waals surface area (Å²) in [6.45, 7) is 0. The van der Waals surface area contributed by atoms with Gasteiger partial charge in [-0.15, -0.1) is 0 Å². The van der Waals surface area contributed by atoms with E-state index in [1.165, 1.54) is 23.4 Å². The van der Waals surface area contributed by atoms with Gasteiger partial charge in [-0.2, -0.15) is 5.10 Å². The molecular weight excluding hydrogens is 401 g/mol. The van der Waals surface area contributed by atoms with Crippen molar-refractivity contribution in [1.82, 2.24) is 15.2 Å². The van der Waals surface area contributed by atoms with Crippen LogP contribution in [0.2, 0.25) is 0 Å². The summed E-state index contributed by atoms with van der Waals surface area (Å²) in [7, 11) is 0. The maximum absolute atomic E-state index is 3.56. The predicted molar refractivity (Wildman–Crippen MR) is 100 cm³/mol. The van der Waals surface area contributed by atoms with Gasteiger partial charge in [-0.25, -0.2) is 4.98 Å². The van der Waals surface area contributed by atoms with Crippen molar-refractivity contribution >= 4 is 30.5 Å². The first-order valence-corrected chi connectivity index (χ1v) is 12.1. The van der Waals surface area contributed by atoms with E-state index in [4.69, 9.17) is 0 Å². The van der Waals surface area contributed by atoms with E-state index in [2.05, 4.69) is 106 Å². The van der Waals surface area contributed by atoms with Gasteiger partial charge in [0.1, 0.15) is 12.7 Å². The van der Waals surface area contributed by atoms with Crippen molar-refractivity contribution in [3.8, 4) is 0 Å². The fraction of sp³-hybridized carbons (Fsp3) is 0. The van der Waals surface area contributed by atoms with Gasteiger partial charge in [-0.05, 0) is 0 Å². The molecule has 4 aromatic rings. The van der Waals surface area contributed by atoms with Crippen molar-refractivity contribution in [3.63, 3.8) is 0 Å². The van der Waals surface area contributed by atoms with E-state index in [9.17, 15) is 0 Å². The van der Waals surface area contributed by atoms with Gasteiger partial charge in [0.25, 0.3) is 0 Å². The quantitative estimate of drug-likeness (QED) is 0.517. The molecule has 0 aliphatic rings. The minimum absolute atomic E-state index is 1.44. The fourth-order valence-electron chi connectivity index (χ4n) is 2.48. The average molecular weight is 419 g/mol. The molecule has 1 aromatic heterocycles. The van der Waals surface area contributed by atoms with Crippen LogP contribution in [0.25, 0.3) is 0 Å². The molecule has 1 N–H and O–H groups in total. The van der Waals surface area contributed by atoms with Gasteiger partial charge in [-0.3, -0.25) is 5.10 Å². The number of aromatic amines is 1. The molecule has 0 saturated heterocycles. The minimum atomic E-state index is -1.98. The number of nitrogens with zero attached hydrogens (tertiary/aromatic N) is 2. The second kappa shape index (κ2) is 9.03. The molecule has 4 heteroatoms. The smallest absolute Gasteiger partial charge is 0.137 e. The van der Waals surface area contributed by atoms with Crippen LogP contribution in [-0.2, 0) is 0 Å². The number of aromatic nitrogens is 3. The summed E-state index contributed by atoms with van der Waals surface area (Å²) in [6.07, 6.45) is 2.96. The number of rotatable bonds is 3. The van der Waals surface area contributed by atoms with Gasteiger partial charge >= 0.3 is 121 Å². The largest absolute Gasteiger partial charge is 0.266 e. The van der Waals surface area contributed by atoms with E-state index in [-0.39, 0.29) is 0 Å². The second-order valence-electron chi connectivity index (χ2n) is 5.12. The number of nitrogens with one attached hydrogen (secondary N) is 1. The van der Waals surface area contributed by atoms with Gasteiger partial charge in [0.15, 0.2) is 0 Å². The summed E-state index contributed by atoms with van der Waals surface area (Å²) in [4.78, 5) is 3.56. The first-order valence-electron chi connectivity index (χ1n) is 7.77. The van der Waals surface area contributed by atoms with Crippen LogP contribution in [-0.4, -0.2) is 34.9 Å². The first kappa shape index (κ1) is 16.5. The predicted octanol–water partition coefficient (Wildman–Crippen LogP) is 2.01. The topological polar surface area (TPSA) is 41.6 Å². The van der Waals surface area contributed by atoms with Crippen LogP contribution in [0.5, 0.6) is 0 Å². The van der Waals surface area contributed by atoms with Crippen molar-refractivity contribution in [2.45, 2.75) is 0 Å². The van der Waals surface area contributed by atoms with Gasteiger partial charge in [0, 0.05) is 0 Å². The molecule has 0 amide bonds. The van der Waals surface area contributed by atoms with Gasteiger partial charge in [0.05, 0.1) is 0 Å². The Kier molecular flexibility index (Phi) is 6.19. The van der Waals surface area contributed by atoms with Crippen molar-refractivity contribution in [2.24, 2.45) is 0 Å². The molecule has 1 heterocycles. The molecule has 117 valence electrons. The van der Waals surface area contributed by atoms with E-state index < -0.39 is 19.8 Å². The third kappa shape index (κ3) is 4.55. The Morgan fingerprint density at radius 1 is 0.583 bits per heavy atom. The molecule has 3 aromatic carbocycles. The second-order valence-corrected chi connectivity index (χ2v) is 12.2. The molecule has 24 heavy (non-hydrogen) atoms. The molecule has 1 radical (unpaired) electrons. The monoisotopic (exact) mass is 420 g/mol. The fourth-order valence-corrected chi connectivity index (χ4v) is 9.84. The summed E-state index contributed by atoms with van der Waals surface area (Å²) in [5.74, 6) is 0. The van der Waals surface area contributed by atoms with E-state index in [0.29, 0.717) is 0 Å². The van der Waals surface area contributed by atoms with E-state index in [0.717, 1.165) is 0 Å². The van der Waals surface area contributed by atoms with Crippen molar-refractivity contribution in [1.29, 1.82) is 0 Å². The van der Waals surface area contributed by atoms with Crippen molar-refractivity contribution in [3.05, 3.63) is 104 Å². The Morgan fingerprint density at radius 2 is 1.00 bits per heavy atom. The third-order valence-corrected chi connectivity index (χ3v) is 11.3. The van der Waals surface area contributed by atoms with E-state index in [1.807, 2.05) is 0 Å². The Labute approximate surface area is 149 Å². The maximum Gasteiger partial charge on any atom is 0.137 e. The standard InChI is InChI=1S/3C6H5.C2H3N3.Sn/c3*1-2-4-6-5-3-1;1-3-2-5-4-1;/h3*1-5H;1-2H,(H,3,4,5);. The maximum atomic E-state index is 3.56. The molecule has 0 spiro atoms. The average Bonchev–Trinajstić information content (AvgIpc) is 3.25. The normalized spacial score (nSPS) is 10.0. The first-order chi connectivity index (χ1) is 11.9. The zero-order valence-electron chi connectivity index (χ0n) is 13.2. The summed E-state index contributed by atoms with van der Waals surface area (Å²) in [5, 5.41) is 5.99. The molecule has 0 aliphatic heterocycles. The minimum Gasteiger partial charge on any atom is -0.266 e. The van der Waals surface area contributed by atoms with Gasteiger partial charge in [-0.1, -0.05) is 0 Å². The van der Waals surface area contributed by atoms with E-state index >= 15 is 0 Å². The number of hydrogen-bond acceptors (Lipinski definition) is 2. The SMILES string of the molecule is c1cc[c]([Sn]([c]2ccccc2)[c]2ccccc2)cc1.c1nc[nH]n1. The van der Waals surface area contributed by atoms with E-state index in [1.54, 1.807) is 0 Å². The Balaban J connectivity index is 0.000000290. The molecule has 0 bridgehead atoms. The molecule has 0 unspecified atom stereocenters. The van der Waals surface area contributed by atoms with Crippen LogP contribution < -0.4 is 10.7 Å². The summed E-state index contributed by atoms with van der Waals surface area (Å²) in [6, 6.07) is 32.9. The van der Waals surface area contributed by atoms with Crippen LogP contribution in [0.15, 0.2) is 104 Å². The Bertz CT molecular complexity index is 692. The molecule has 3 nitrogen and oxygen atoms in total. The Hall–Kier alpha value is -2.40. The molecule has 0 fully saturated rings. The third-order valence-electron chi connectivity index (χ3n) is 3.52. The van der Waals surface area contributed by atoms with Crippen LogP contribution in [0.4, 0.5) is 0 Å². The zero-order chi connectivity index (χ0) is 16.5. The number of H-pyrrole nitrogens is 1. The van der Waals surface area contributed by atoms with Gasteiger partial charge < -0.3 is 0 Å². The summed E-state index contributed by atoms with van der Waals surface area (Å²) in [5.41, 5.74) is 0. The molecule has 4 rings (SSSR count). The van der Waals surface area contributed by atoms with Crippen LogP contribution in [0, 0.1) is 0 Å². The van der Waals surface area contributed by atoms with Crippen molar-refractivity contribution < 1.29 is 0 Å². The van der Waals surface area contributed by atoms with Crippen LogP contribution in [0.3, 0.4) is 0 Å². The molecule has 0 saturated carbocycles. The Morgan fingerprint density at radius 3 is 1.25 bits per heavy atom. The van der Waals surface area contributed by atoms with Crippen LogP contribution >= 0.6 is 0 Å². The number of benzene rings is 3. The van der Waals surface area contributed by atoms with Crippen LogP contribution in [0.1, 0.15) is 0 Å². The number of hydrogen-bond donors (Lipinski definition) is 1. The summed E-state index contributed by atoms with van der Waals surface area (Å²) < 4.78 is 4.59. The molecule has 0 atom stereocenters. The zero-order valence-corrected chi connectivity index (χ0v) is 16.1.